The molecule has 1 aromatic carbocycles. The SMILES string of the molecule is O=C(C1=NCc2[nH]ccc2C1=NC1CCNC1)c1ccccc1. The number of fused-ring (bicyclic) bond motifs is 1. The molecule has 0 bridgehead atoms. The van der Waals surface area contributed by atoms with E-state index in [1.54, 1.807) is 0 Å². The third kappa shape index (κ3) is 2.64. The highest BCUT2D eigenvalue weighted by molar-refractivity contribution is 6.73. The predicted octanol–water partition coefficient (Wildman–Crippen LogP) is 2.00. The summed E-state index contributed by atoms with van der Waals surface area (Å²) in [5, 5.41) is 3.32. The number of Topliss-reactive ketones (excluding diaryl/α,β-unsaturated/α-hetero) is 1. The number of carbonyl (C=O) groups is 1. The fourth-order valence-corrected chi connectivity index (χ4v) is 3.09. The fraction of sp³-hybridized carbons (Fsp3) is 0.278. The number of aromatic nitrogens is 1. The molecule has 5 nitrogen and oxygen atoms in total. The molecule has 0 amide bonds. The zero-order chi connectivity index (χ0) is 15.6. The summed E-state index contributed by atoms with van der Waals surface area (Å²) in [6.07, 6.45) is 2.88. The monoisotopic (exact) mass is 306 g/mol. The molecule has 1 saturated heterocycles. The normalized spacial score (nSPS) is 22.0. The van der Waals surface area contributed by atoms with Gasteiger partial charge >= 0.3 is 0 Å². The van der Waals surface area contributed by atoms with Crippen LogP contribution in [0.25, 0.3) is 0 Å². The van der Waals surface area contributed by atoms with E-state index in [-0.39, 0.29) is 11.8 Å². The number of hydrogen-bond donors (Lipinski definition) is 2. The molecule has 2 aliphatic rings. The first-order valence-corrected chi connectivity index (χ1v) is 7.92. The zero-order valence-electron chi connectivity index (χ0n) is 12.7. The van der Waals surface area contributed by atoms with Crippen molar-refractivity contribution in [2.75, 3.05) is 13.1 Å². The van der Waals surface area contributed by atoms with Crippen molar-refractivity contribution in [1.82, 2.24) is 10.3 Å². The largest absolute Gasteiger partial charge is 0.363 e. The number of H-pyrrole nitrogens is 1. The Morgan fingerprint density at radius 1 is 1.22 bits per heavy atom. The van der Waals surface area contributed by atoms with E-state index in [1.165, 1.54) is 0 Å². The van der Waals surface area contributed by atoms with Crippen molar-refractivity contribution in [3.8, 4) is 0 Å². The topological polar surface area (TPSA) is 69.6 Å². The van der Waals surface area contributed by atoms with Crippen molar-refractivity contribution in [1.29, 1.82) is 0 Å². The third-order valence-electron chi connectivity index (χ3n) is 4.30. The predicted molar refractivity (Wildman–Crippen MR) is 90.5 cm³/mol. The molecule has 1 aromatic heterocycles. The zero-order valence-corrected chi connectivity index (χ0v) is 12.7. The molecular weight excluding hydrogens is 288 g/mol. The highest BCUT2D eigenvalue weighted by Gasteiger charge is 2.28. The van der Waals surface area contributed by atoms with E-state index >= 15 is 0 Å². The van der Waals surface area contributed by atoms with E-state index in [9.17, 15) is 4.79 Å². The lowest BCUT2D eigenvalue weighted by atomic mass is 9.96. The van der Waals surface area contributed by atoms with Crippen LogP contribution >= 0.6 is 0 Å². The minimum absolute atomic E-state index is 0.0536. The molecule has 0 aliphatic carbocycles. The Kier molecular flexibility index (Phi) is 3.63. The molecule has 0 radical (unpaired) electrons. The summed E-state index contributed by atoms with van der Waals surface area (Å²) in [4.78, 5) is 25.5. The Labute approximate surface area is 134 Å². The maximum Gasteiger partial charge on any atom is 0.213 e. The molecule has 1 atom stereocenters. The van der Waals surface area contributed by atoms with E-state index in [2.05, 4.69) is 15.3 Å². The first kappa shape index (κ1) is 14.1. The Balaban J connectivity index is 1.75. The first-order chi connectivity index (χ1) is 11.3. The smallest absolute Gasteiger partial charge is 0.213 e. The lowest BCUT2D eigenvalue weighted by Gasteiger charge is -2.17. The Morgan fingerprint density at radius 3 is 2.87 bits per heavy atom. The second kappa shape index (κ2) is 5.93. The summed E-state index contributed by atoms with van der Waals surface area (Å²) in [6, 6.07) is 11.5. The van der Waals surface area contributed by atoms with Crippen LogP contribution in [-0.2, 0) is 6.54 Å². The van der Waals surface area contributed by atoms with Crippen LogP contribution in [0.1, 0.15) is 28.0 Å². The van der Waals surface area contributed by atoms with Crippen molar-refractivity contribution in [2.24, 2.45) is 9.98 Å². The average molecular weight is 306 g/mol. The van der Waals surface area contributed by atoms with Crippen molar-refractivity contribution in [3.63, 3.8) is 0 Å². The lowest BCUT2D eigenvalue weighted by molar-refractivity contribution is 0.106. The van der Waals surface area contributed by atoms with Gasteiger partial charge < -0.3 is 10.3 Å². The van der Waals surface area contributed by atoms with Gasteiger partial charge in [0.1, 0.15) is 5.71 Å². The van der Waals surface area contributed by atoms with Crippen molar-refractivity contribution in [2.45, 2.75) is 19.0 Å². The number of rotatable bonds is 3. The van der Waals surface area contributed by atoms with Crippen molar-refractivity contribution in [3.05, 3.63) is 59.4 Å². The lowest BCUT2D eigenvalue weighted by Crippen LogP contribution is -2.30. The van der Waals surface area contributed by atoms with Gasteiger partial charge in [-0.05, 0) is 19.0 Å². The Bertz CT molecular complexity index is 782. The number of aliphatic imine (C=N–C) groups is 2. The Morgan fingerprint density at radius 2 is 2.09 bits per heavy atom. The van der Waals surface area contributed by atoms with Gasteiger partial charge in [0.2, 0.25) is 5.78 Å². The van der Waals surface area contributed by atoms with Crippen LogP contribution in [0, 0.1) is 0 Å². The molecule has 5 heteroatoms. The molecule has 23 heavy (non-hydrogen) atoms. The van der Waals surface area contributed by atoms with Gasteiger partial charge in [-0.3, -0.25) is 14.8 Å². The minimum Gasteiger partial charge on any atom is -0.363 e. The van der Waals surface area contributed by atoms with Gasteiger partial charge in [0, 0.05) is 29.6 Å². The van der Waals surface area contributed by atoms with Crippen LogP contribution in [0.2, 0.25) is 0 Å². The highest BCUT2D eigenvalue weighted by Crippen LogP contribution is 2.20. The fourth-order valence-electron chi connectivity index (χ4n) is 3.09. The van der Waals surface area contributed by atoms with Crippen LogP contribution in [0.4, 0.5) is 0 Å². The second-order valence-corrected chi connectivity index (χ2v) is 5.85. The van der Waals surface area contributed by atoms with Crippen molar-refractivity contribution < 1.29 is 4.79 Å². The highest BCUT2D eigenvalue weighted by atomic mass is 16.1. The molecule has 116 valence electrons. The molecule has 2 N–H and O–H groups in total. The maximum absolute atomic E-state index is 12.9. The molecule has 4 rings (SSSR count). The standard InChI is InChI=1S/C18H18N4O/c23-18(12-4-2-1-3-5-12)17-16(22-13-6-8-19-10-13)14-7-9-20-15(14)11-21-17/h1-5,7,9,13,19-20H,6,8,10-11H2. The van der Waals surface area contributed by atoms with Gasteiger partial charge in [0.15, 0.2) is 0 Å². The van der Waals surface area contributed by atoms with Crippen LogP contribution in [0.5, 0.6) is 0 Å². The van der Waals surface area contributed by atoms with E-state index in [0.717, 1.165) is 36.5 Å². The maximum atomic E-state index is 12.9. The summed E-state index contributed by atoms with van der Waals surface area (Å²) in [5.74, 6) is -0.0536. The van der Waals surface area contributed by atoms with Gasteiger partial charge in [-0.25, -0.2) is 0 Å². The quantitative estimate of drug-likeness (QED) is 0.852. The number of carbonyl (C=O) groups excluding carboxylic acids is 1. The van der Waals surface area contributed by atoms with E-state index < -0.39 is 0 Å². The summed E-state index contributed by atoms with van der Waals surface area (Å²) < 4.78 is 0. The van der Waals surface area contributed by atoms with Gasteiger partial charge in [-0.1, -0.05) is 30.3 Å². The molecular formula is C18H18N4O. The molecule has 3 heterocycles. The minimum atomic E-state index is -0.0536. The van der Waals surface area contributed by atoms with Crippen molar-refractivity contribution >= 4 is 17.2 Å². The average Bonchev–Trinajstić information content (AvgIpc) is 3.26. The van der Waals surface area contributed by atoms with Gasteiger partial charge in [0.05, 0.1) is 18.3 Å². The molecule has 0 spiro atoms. The molecule has 1 fully saturated rings. The molecule has 2 aromatic rings. The number of nitrogens with zero attached hydrogens (tertiary/aromatic N) is 2. The third-order valence-corrected chi connectivity index (χ3v) is 4.30. The number of aromatic amines is 1. The van der Waals surface area contributed by atoms with Gasteiger partial charge in [-0.15, -0.1) is 0 Å². The van der Waals surface area contributed by atoms with E-state index in [1.807, 2.05) is 42.6 Å². The van der Waals surface area contributed by atoms with Crippen LogP contribution in [0.3, 0.4) is 0 Å². The van der Waals surface area contributed by atoms with Gasteiger partial charge in [-0.2, -0.15) is 0 Å². The second-order valence-electron chi connectivity index (χ2n) is 5.85. The number of nitrogens with one attached hydrogen (secondary N) is 2. The van der Waals surface area contributed by atoms with E-state index in [0.29, 0.717) is 17.8 Å². The van der Waals surface area contributed by atoms with Gasteiger partial charge in [0.25, 0.3) is 0 Å². The van der Waals surface area contributed by atoms with E-state index in [4.69, 9.17) is 4.99 Å². The summed E-state index contributed by atoms with van der Waals surface area (Å²) in [7, 11) is 0. The summed E-state index contributed by atoms with van der Waals surface area (Å²) in [6.45, 7) is 2.33. The number of ketones is 1. The Hall–Kier alpha value is -2.53. The summed E-state index contributed by atoms with van der Waals surface area (Å²) in [5.41, 5.74) is 3.90. The molecule has 0 saturated carbocycles. The first-order valence-electron chi connectivity index (χ1n) is 7.92. The van der Waals surface area contributed by atoms with Crippen LogP contribution in [0.15, 0.2) is 52.6 Å². The summed E-state index contributed by atoms with van der Waals surface area (Å²) >= 11 is 0. The number of hydrogen-bond acceptors (Lipinski definition) is 4. The van der Waals surface area contributed by atoms with Crippen LogP contribution in [-0.4, -0.2) is 41.3 Å². The molecule has 1 unspecified atom stereocenters. The molecule has 2 aliphatic heterocycles. The van der Waals surface area contributed by atoms with Crippen LogP contribution < -0.4 is 5.32 Å². The number of benzene rings is 1.